The van der Waals surface area contributed by atoms with Crippen LogP contribution in [0, 0.1) is 0 Å². The van der Waals surface area contributed by atoms with Gasteiger partial charge in [0, 0.05) is 19.7 Å². The van der Waals surface area contributed by atoms with E-state index in [4.69, 9.17) is 0 Å². The van der Waals surface area contributed by atoms with E-state index in [1.54, 1.807) is 19.2 Å². The molecule has 1 aliphatic rings. The van der Waals surface area contributed by atoms with Gasteiger partial charge in [-0.15, -0.1) is 0 Å². The minimum Gasteiger partial charge on any atom is -0.346 e. The number of benzene rings is 1. The third-order valence-electron chi connectivity index (χ3n) is 4.60. The Labute approximate surface area is 147 Å². The Morgan fingerprint density at radius 1 is 1.24 bits per heavy atom. The topological polar surface area (TPSA) is 75.2 Å². The molecule has 0 saturated carbocycles. The number of piperidine rings is 1. The molecular weight excluding hydrogens is 316 g/mol. The first-order valence-electron chi connectivity index (χ1n) is 8.53. The maximum Gasteiger partial charge on any atom is 0.270 e. The fourth-order valence-corrected chi connectivity index (χ4v) is 3.39. The lowest BCUT2D eigenvalue weighted by Crippen LogP contribution is -2.57. The van der Waals surface area contributed by atoms with Crippen molar-refractivity contribution in [1.29, 1.82) is 0 Å². The zero-order valence-corrected chi connectivity index (χ0v) is 14.3. The van der Waals surface area contributed by atoms with Gasteiger partial charge < -0.3 is 10.2 Å². The standard InChI is InChI=1S/C19H22N4O2/c1-14(24)23-11-5-8-16(18(23)12-15-6-3-2-4-7-15)22-19(25)17-9-10-20-13-21-17/h2-4,6-7,9-10,13,16,18H,5,8,11-12H2,1H3,(H,22,25)/t16-,18-/m0/s1. The first kappa shape index (κ1) is 17.1. The lowest BCUT2D eigenvalue weighted by Gasteiger charge is -2.41. The molecular formula is C19H22N4O2. The Hall–Kier alpha value is -2.76. The summed E-state index contributed by atoms with van der Waals surface area (Å²) in [4.78, 5) is 34.3. The molecule has 3 rings (SSSR count). The third-order valence-corrected chi connectivity index (χ3v) is 4.60. The lowest BCUT2D eigenvalue weighted by atomic mass is 9.90. The van der Waals surface area contributed by atoms with Crippen LogP contribution in [0.3, 0.4) is 0 Å². The van der Waals surface area contributed by atoms with Gasteiger partial charge in [-0.05, 0) is 30.9 Å². The summed E-state index contributed by atoms with van der Waals surface area (Å²) in [5.74, 6) is -0.183. The highest BCUT2D eigenvalue weighted by atomic mass is 16.2. The molecule has 1 N–H and O–H groups in total. The van der Waals surface area contributed by atoms with Gasteiger partial charge in [0.2, 0.25) is 5.91 Å². The number of nitrogens with one attached hydrogen (secondary N) is 1. The molecule has 2 atom stereocenters. The summed E-state index contributed by atoms with van der Waals surface area (Å²) < 4.78 is 0. The van der Waals surface area contributed by atoms with Crippen LogP contribution in [-0.4, -0.2) is 45.3 Å². The zero-order valence-electron chi connectivity index (χ0n) is 14.3. The first-order chi connectivity index (χ1) is 12.1. The van der Waals surface area contributed by atoms with E-state index in [1.807, 2.05) is 23.1 Å². The van der Waals surface area contributed by atoms with Gasteiger partial charge in [0.15, 0.2) is 0 Å². The summed E-state index contributed by atoms with van der Waals surface area (Å²) in [6.45, 7) is 2.32. The second kappa shape index (κ2) is 7.88. The van der Waals surface area contributed by atoms with E-state index in [9.17, 15) is 9.59 Å². The molecule has 2 heterocycles. The van der Waals surface area contributed by atoms with Gasteiger partial charge in [-0.2, -0.15) is 0 Å². The zero-order chi connectivity index (χ0) is 17.6. The van der Waals surface area contributed by atoms with Crippen molar-refractivity contribution >= 4 is 11.8 Å². The van der Waals surface area contributed by atoms with E-state index in [-0.39, 0.29) is 23.9 Å². The number of carbonyl (C=O) groups excluding carboxylic acids is 2. The molecule has 2 amide bonds. The normalized spacial score (nSPS) is 20.1. The predicted molar refractivity (Wildman–Crippen MR) is 93.8 cm³/mol. The van der Waals surface area contributed by atoms with Crippen molar-refractivity contribution in [1.82, 2.24) is 20.2 Å². The van der Waals surface area contributed by atoms with E-state index >= 15 is 0 Å². The largest absolute Gasteiger partial charge is 0.346 e. The van der Waals surface area contributed by atoms with Gasteiger partial charge in [0.1, 0.15) is 12.0 Å². The number of rotatable bonds is 4. The van der Waals surface area contributed by atoms with Crippen LogP contribution in [0.15, 0.2) is 48.9 Å². The quantitative estimate of drug-likeness (QED) is 0.923. The van der Waals surface area contributed by atoms with Gasteiger partial charge in [0.05, 0.1) is 12.1 Å². The van der Waals surface area contributed by atoms with Crippen molar-refractivity contribution < 1.29 is 9.59 Å². The Balaban J connectivity index is 1.79. The van der Waals surface area contributed by atoms with Crippen molar-refractivity contribution in [3.63, 3.8) is 0 Å². The summed E-state index contributed by atoms with van der Waals surface area (Å²) in [6.07, 6.45) is 5.35. The van der Waals surface area contributed by atoms with E-state index in [0.29, 0.717) is 5.69 Å². The minimum atomic E-state index is -0.226. The second-order valence-corrected chi connectivity index (χ2v) is 6.29. The van der Waals surface area contributed by atoms with Crippen LogP contribution < -0.4 is 5.32 Å². The highest BCUT2D eigenvalue weighted by molar-refractivity contribution is 5.92. The van der Waals surface area contributed by atoms with Gasteiger partial charge in [-0.3, -0.25) is 9.59 Å². The van der Waals surface area contributed by atoms with Crippen molar-refractivity contribution in [3.05, 3.63) is 60.2 Å². The molecule has 1 aromatic heterocycles. The number of hydrogen-bond acceptors (Lipinski definition) is 4. The Kier molecular flexibility index (Phi) is 5.38. The molecule has 0 bridgehead atoms. The number of carbonyl (C=O) groups is 2. The maximum absolute atomic E-state index is 12.5. The van der Waals surface area contributed by atoms with E-state index in [2.05, 4.69) is 27.4 Å². The average Bonchev–Trinajstić information content (AvgIpc) is 2.64. The molecule has 6 nitrogen and oxygen atoms in total. The smallest absolute Gasteiger partial charge is 0.270 e. The van der Waals surface area contributed by atoms with Crippen molar-refractivity contribution in [2.45, 2.75) is 38.3 Å². The Bertz CT molecular complexity index is 721. The summed E-state index contributed by atoms with van der Waals surface area (Å²) in [5, 5.41) is 3.07. The van der Waals surface area contributed by atoms with Crippen LogP contribution in [0.5, 0.6) is 0 Å². The van der Waals surface area contributed by atoms with Crippen LogP contribution in [0.25, 0.3) is 0 Å². The van der Waals surface area contributed by atoms with Crippen molar-refractivity contribution in [3.8, 4) is 0 Å². The van der Waals surface area contributed by atoms with E-state index in [0.717, 1.165) is 31.4 Å². The van der Waals surface area contributed by atoms with E-state index in [1.165, 1.54) is 6.33 Å². The molecule has 0 radical (unpaired) electrons. The molecule has 1 fully saturated rings. The van der Waals surface area contributed by atoms with Crippen LogP contribution >= 0.6 is 0 Å². The monoisotopic (exact) mass is 338 g/mol. The third kappa shape index (κ3) is 4.21. The molecule has 25 heavy (non-hydrogen) atoms. The Morgan fingerprint density at radius 2 is 2.04 bits per heavy atom. The highest BCUT2D eigenvalue weighted by Crippen LogP contribution is 2.22. The molecule has 130 valence electrons. The number of amides is 2. The van der Waals surface area contributed by atoms with Crippen molar-refractivity contribution in [2.24, 2.45) is 0 Å². The second-order valence-electron chi connectivity index (χ2n) is 6.29. The molecule has 6 heteroatoms. The Morgan fingerprint density at radius 3 is 2.72 bits per heavy atom. The van der Waals surface area contributed by atoms with Crippen LogP contribution in [-0.2, 0) is 11.2 Å². The molecule has 2 aromatic rings. The highest BCUT2D eigenvalue weighted by Gasteiger charge is 2.34. The fraction of sp³-hybridized carbons (Fsp3) is 0.368. The van der Waals surface area contributed by atoms with Crippen LogP contribution in [0.4, 0.5) is 0 Å². The first-order valence-corrected chi connectivity index (χ1v) is 8.53. The van der Waals surface area contributed by atoms with Crippen molar-refractivity contribution in [2.75, 3.05) is 6.54 Å². The number of likely N-dealkylation sites (tertiary alicyclic amines) is 1. The summed E-state index contributed by atoms with van der Waals surface area (Å²) in [6, 6.07) is 11.5. The summed E-state index contributed by atoms with van der Waals surface area (Å²) in [7, 11) is 0. The lowest BCUT2D eigenvalue weighted by molar-refractivity contribution is -0.133. The SMILES string of the molecule is CC(=O)N1CCC[C@H](NC(=O)c2ccncn2)[C@@H]1Cc1ccccc1. The molecule has 1 aromatic carbocycles. The number of hydrogen-bond donors (Lipinski definition) is 1. The minimum absolute atomic E-state index is 0.0434. The van der Waals surface area contributed by atoms with Gasteiger partial charge >= 0.3 is 0 Å². The summed E-state index contributed by atoms with van der Waals surface area (Å²) in [5.41, 5.74) is 1.50. The van der Waals surface area contributed by atoms with Crippen LogP contribution in [0.2, 0.25) is 0 Å². The molecule has 0 unspecified atom stereocenters. The fourth-order valence-electron chi connectivity index (χ4n) is 3.39. The number of aromatic nitrogens is 2. The number of nitrogens with zero attached hydrogens (tertiary/aromatic N) is 3. The van der Waals surface area contributed by atoms with Gasteiger partial charge in [-0.1, -0.05) is 30.3 Å². The van der Waals surface area contributed by atoms with E-state index < -0.39 is 0 Å². The summed E-state index contributed by atoms with van der Waals surface area (Å²) >= 11 is 0. The molecule has 0 spiro atoms. The predicted octanol–water partition coefficient (Wildman–Crippen LogP) is 1.83. The van der Waals surface area contributed by atoms with Gasteiger partial charge in [0.25, 0.3) is 5.91 Å². The maximum atomic E-state index is 12.5. The van der Waals surface area contributed by atoms with Crippen LogP contribution in [0.1, 0.15) is 35.8 Å². The molecule has 1 saturated heterocycles. The average molecular weight is 338 g/mol. The molecule has 1 aliphatic heterocycles. The molecule has 0 aliphatic carbocycles. The van der Waals surface area contributed by atoms with Gasteiger partial charge in [-0.25, -0.2) is 9.97 Å².